The Morgan fingerprint density at radius 1 is 1.31 bits per heavy atom. The van der Waals surface area contributed by atoms with Crippen molar-refractivity contribution in [2.24, 2.45) is 0 Å². The van der Waals surface area contributed by atoms with Gasteiger partial charge in [0.1, 0.15) is 0 Å². The van der Waals surface area contributed by atoms with E-state index in [0.29, 0.717) is 12.1 Å². The van der Waals surface area contributed by atoms with Crippen LogP contribution >= 0.6 is 0 Å². The molecule has 1 saturated heterocycles. The lowest BCUT2D eigenvalue weighted by atomic mass is 10.1. The van der Waals surface area contributed by atoms with Gasteiger partial charge in [0.2, 0.25) is 0 Å². The lowest BCUT2D eigenvalue weighted by Crippen LogP contribution is -2.25. The summed E-state index contributed by atoms with van der Waals surface area (Å²) in [6.45, 7) is 7.76. The van der Waals surface area contributed by atoms with Gasteiger partial charge in [-0.2, -0.15) is 0 Å². The summed E-state index contributed by atoms with van der Waals surface area (Å²) in [7, 11) is 2.20. The monoisotopic (exact) mass is 218 g/mol. The molecular weight excluding hydrogens is 196 g/mol. The zero-order chi connectivity index (χ0) is 11.7. The molecule has 1 aliphatic heterocycles. The molecule has 0 aliphatic carbocycles. The number of nitrogens with one attached hydrogen (secondary N) is 1. The Bertz CT molecular complexity index is 363. The van der Waals surface area contributed by atoms with Crippen molar-refractivity contribution in [1.29, 1.82) is 0 Å². The molecule has 0 saturated carbocycles. The summed E-state index contributed by atoms with van der Waals surface area (Å²) >= 11 is 0. The number of nitrogens with zero attached hydrogens (tertiary/aromatic N) is 1. The van der Waals surface area contributed by atoms with Crippen molar-refractivity contribution in [3.05, 3.63) is 29.3 Å². The highest BCUT2D eigenvalue weighted by Gasteiger charge is 2.25. The van der Waals surface area contributed by atoms with E-state index in [2.05, 4.69) is 56.2 Å². The fourth-order valence-corrected chi connectivity index (χ4v) is 2.49. The molecule has 0 amide bonds. The Morgan fingerprint density at radius 2 is 2.06 bits per heavy atom. The van der Waals surface area contributed by atoms with E-state index >= 15 is 0 Å². The Hall–Kier alpha value is -1.02. The predicted octanol–water partition coefficient (Wildman–Crippen LogP) is 2.81. The highest BCUT2D eigenvalue weighted by Crippen LogP contribution is 2.22. The summed E-state index contributed by atoms with van der Waals surface area (Å²) in [6.07, 6.45) is 1.24. The van der Waals surface area contributed by atoms with Crippen molar-refractivity contribution in [3.8, 4) is 0 Å². The van der Waals surface area contributed by atoms with E-state index < -0.39 is 0 Å². The minimum absolute atomic E-state index is 0.599. The van der Waals surface area contributed by atoms with Crippen LogP contribution < -0.4 is 5.32 Å². The van der Waals surface area contributed by atoms with Gasteiger partial charge in [-0.05, 0) is 45.9 Å². The van der Waals surface area contributed by atoms with Crippen molar-refractivity contribution in [2.45, 2.75) is 39.3 Å². The molecule has 1 heterocycles. The molecule has 1 fully saturated rings. The summed E-state index contributed by atoms with van der Waals surface area (Å²) < 4.78 is 0. The van der Waals surface area contributed by atoms with Crippen LogP contribution in [0.15, 0.2) is 18.2 Å². The van der Waals surface area contributed by atoms with Gasteiger partial charge >= 0.3 is 0 Å². The van der Waals surface area contributed by atoms with Crippen molar-refractivity contribution >= 4 is 5.69 Å². The predicted molar refractivity (Wildman–Crippen MR) is 70.0 cm³/mol. The van der Waals surface area contributed by atoms with E-state index in [1.54, 1.807) is 0 Å². The van der Waals surface area contributed by atoms with Crippen LogP contribution in [-0.4, -0.2) is 30.6 Å². The van der Waals surface area contributed by atoms with Gasteiger partial charge in [0.25, 0.3) is 0 Å². The average Bonchev–Trinajstić information content (AvgIpc) is 2.51. The number of rotatable bonds is 2. The van der Waals surface area contributed by atoms with E-state index in [0.717, 1.165) is 6.54 Å². The van der Waals surface area contributed by atoms with Crippen LogP contribution in [0.5, 0.6) is 0 Å². The third-order valence-electron chi connectivity index (χ3n) is 3.63. The molecule has 1 aromatic carbocycles. The molecule has 88 valence electrons. The number of anilines is 1. The third-order valence-corrected chi connectivity index (χ3v) is 3.63. The molecule has 0 aromatic heterocycles. The fourth-order valence-electron chi connectivity index (χ4n) is 2.49. The smallest absolute Gasteiger partial charge is 0.0403 e. The standard InChI is InChI=1S/C14H22N2/c1-10-5-6-14(11(2)7-10)15-13-8-12(3)16(4)9-13/h5-7,12-13,15H,8-9H2,1-4H3. The van der Waals surface area contributed by atoms with Gasteiger partial charge in [-0.15, -0.1) is 0 Å². The van der Waals surface area contributed by atoms with Crippen molar-refractivity contribution < 1.29 is 0 Å². The van der Waals surface area contributed by atoms with Crippen molar-refractivity contribution in [3.63, 3.8) is 0 Å². The van der Waals surface area contributed by atoms with Crippen molar-refractivity contribution in [1.82, 2.24) is 4.90 Å². The fraction of sp³-hybridized carbons (Fsp3) is 0.571. The molecule has 1 aromatic rings. The summed E-state index contributed by atoms with van der Waals surface area (Å²) in [5, 5.41) is 3.66. The number of likely N-dealkylation sites (N-methyl/N-ethyl adjacent to an activating group) is 1. The maximum absolute atomic E-state index is 3.66. The third kappa shape index (κ3) is 2.38. The van der Waals surface area contributed by atoms with Gasteiger partial charge in [0.15, 0.2) is 0 Å². The summed E-state index contributed by atoms with van der Waals surface area (Å²) in [4.78, 5) is 2.42. The minimum Gasteiger partial charge on any atom is -0.381 e. The molecule has 0 spiro atoms. The van der Waals surface area contributed by atoms with Gasteiger partial charge < -0.3 is 10.2 Å². The number of hydrogen-bond acceptors (Lipinski definition) is 2. The first-order valence-electron chi connectivity index (χ1n) is 6.10. The molecular formula is C14H22N2. The molecule has 1 N–H and O–H groups in total. The van der Waals surface area contributed by atoms with E-state index in [4.69, 9.17) is 0 Å². The van der Waals surface area contributed by atoms with Crippen LogP contribution in [0.4, 0.5) is 5.69 Å². The van der Waals surface area contributed by atoms with Crippen LogP contribution in [0.25, 0.3) is 0 Å². The lowest BCUT2D eigenvalue weighted by Gasteiger charge is -2.16. The van der Waals surface area contributed by atoms with Gasteiger partial charge in [0.05, 0.1) is 0 Å². The van der Waals surface area contributed by atoms with Crippen LogP contribution in [-0.2, 0) is 0 Å². The Labute approximate surface area is 98.7 Å². The molecule has 0 bridgehead atoms. The van der Waals surface area contributed by atoms with Crippen LogP contribution in [0, 0.1) is 13.8 Å². The average molecular weight is 218 g/mol. The molecule has 2 nitrogen and oxygen atoms in total. The highest BCUT2D eigenvalue weighted by molar-refractivity contribution is 5.52. The lowest BCUT2D eigenvalue weighted by molar-refractivity contribution is 0.330. The van der Waals surface area contributed by atoms with Gasteiger partial charge in [-0.1, -0.05) is 17.7 Å². The minimum atomic E-state index is 0.599. The summed E-state index contributed by atoms with van der Waals surface area (Å²) in [5.74, 6) is 0. The van der Waals surface area contributed by atoms with Crippen LogP contribution in [0.3, 0.4) is 0 Å². The maximum atomic E-state index is 3.66. The van der Waals surface area contributed by atoms with E-state index in [-0.39, 0.29) is 0 Å². The second kappa shape index (κ2) is 4.46. The molecule has 1 aliphatic rings. The number of likely N-dealkylation sites (tertiary alicyclic amines) is 1. The molecule has 2 rings (SSSR count). The number of hydrogen-bond donors (Lipinski definition) is 1. The second-order valence-corrected chi connectivity index (χ2v) is 5.18. The first kappa shape index (κ1) is 11.5. The van der Waals surface area contributed by atoms with Crippen LogP contribution in [0.1, 0.15) is 24.5 Å². The Morgan fingerprint density at radius 3 is 2.62 bits per heavy atom. The molecule has 2 atom stereocenters. The zero-order valence-corrected chi connectivity index (χ0v) is 10.7. The van der Waals surface area contributed by atoms with Gasteiger partial charge in [-0.3, -0.25) is 0 Å². The molecule has 2 heteroatoms. The van der Waals surface area contributed by atoms with Crippen LogP contribution in [0.2, 0.25) is 0 Å². The highest BCUT2D eigenvalue weighted by atomic mass is 15.2. The van der Waals surface area contributed by atoms with Gasteiger partial charge in [0, 0.05) is 24.3 Å². The number of benzene rings is 1. The van der Waals surface area contributed by atoms with E-state index in [1.165, 1.54) is 23.2 Å². The summed E-state index contributed by atoms with van der Waals surface area (Å²) in [5.41, 5.74) is 3.97. The first-order valence-corrected chi connectivity index (χ1v) is 6.10. The number of aryl methyl sites for hydroxylation is 2. The largest absolute Gasteiger partial charge is 0.381 e. The quantitative estimate of drug-likeness (QED) is 0.821. The van der Waals surface area contributed by atoms with Gasteiger partial charge in [-0.25, -0.2) is 0 Å². The Kier molecular flexibility index (Phi) is 3.20. The summed E-state index contributed by atoms with van der Waals surface area (Å²) in [6, 6.07) is 7.92. The molecule has 2 unspecified atom stereocenters. The van der Waals surface area contributed by atoms with Crippen molar-refractivity contribution in [2.75, 3.05) is 18.9 Å². The maximum Gasteiger partial charge on any atom is 0.0403 e. The van der Waals surface area contributed by atoms with E-state index in [1.807, 2.05) is 0 Å². The topological polar surface area (TPSA) is 15.3 Å². The SMILES string of the molecule is Cc1ccc(NC2CC(C)N(C)C2)c(C)c1. The first-order chi connectivity index (χ1) is 7.56. The molecule has 0 radical (unpaired) electrons. The zero-order valence-electron chi connectivity index (χ0n) is 10.7. The normalized spacial score (nSPS) is 26.0. The molecule has 16 heavy (non-hydrogen) atoms. The Balaban J connectivity index is 2.05. The second-order valence-electron chi connectivity index (χ2n) is 5.18. The van der Waals surface area contributed by atoms with E-state index in [9.17, 15) is 0 Å².